The summed E-state index contributed by atoms with van der Waals surface area (Å²) in [4.78, 5) is 45.3. The van der Waals surface area contributed by atoms with Crippen LogP contribution in [0, 0.1) is 10.1 Å². The number of nitro benzene ring substituents is 1. The number of rotatable bonds is 8. The highest BCUT2D eigenvalue weighted by Crippen LogP contribution is 2.31. The number of carboxylic acid groups (broad SMARTS) is 1. The lowest BCUT2D eigenvalue weighted by Crippen LogP contribution is -2.31. The number of Topliss-reactive ketones (excluding diaryl/α,β-unsaturated/α-hetero) is 1. The van der Waals surface area contributed by atoms with E-state index in [1.54, 1.807) is 0 Å². The molecule has 11 nitrogen and oxygen atoms in total. The summed E-state index contributed by atoms with van der Waals surface area (Å²) in [7, 11) is 1.29. The third kappa shape index (κ3) is 5.42. The fourth-order valence-electron chi connectivity index (χ4n) is 2.21. The fraction of sp³-hybridized carbons (Fsp3) is 0.167. The van der Waals surface area contributed by atoms with E-state index in [-0.39, 0.29) is 28.4 Å². The average molecular weight is 400 g/mol. The lowest BCUT2D eigenvalue weighted by Gasteiger charge is -2.10. The minimum atomic E-state index is -1.48. The predicted octanol–water partition coefficient (Wildman–Crippen LogP) is 2.98. The van der Waals surface area contributed by atoms with Gasteiger partial charge in [0.25, 0.3) is 11.6 Å². The van der Waals surface area contributed by atoms with Crippen molar-refractivity contribution in [1.29, 1.82) is 0 Å². The van der Waals surface area contributed by atoms with E-state index in [0.29, 0.717) is 0 Å². The second-order valence-electron chi connectivity index (χ2n) is 5.71. The molecule has 29 heavy (non-hydrogen) atoms. The number of methoxy groups -OCH3 is 1. The monoisotopic (exact) mass is 400 g/mol. The SMILES string of the molecule is COc1cc([N+](=O)[O-])ccc1N=NC(C(C)=O)C(=O)Nc1ccc(C(=O)O)cc1. The van der Waals surface area contributed by atoms with Crippen LogP contribution in [0.4, 0.5) is 17.1 Å². The van der Waals surface area contributed by atoms with Gasteiger partial charge in [0.2, 0.25) is 6.04 Å². The number of hydrogen-bond donors (Lipinski definition) is 2. The second-order valence-corrected chi connectivity index (χ2v) is 5.71. The first-order valence-electron chi connectivity index (χ1n) is 8.11. The highest BCUT2D eigenvalue weighted by molar-refractivity contribution is 6.10. The van der Waals surface area contributed by atoms with Crippen LogP contribution in [-0.4, -0.2) is 40.8 Å². The van der Waals surface area contributed by atoms with Crippen LogP contribution in [0.1, 0.15) is 17.3 Å². The van der Waals surface area contributed by atoms with E-state index in [0.717, 1.165) is 13.0 Å². The molecule has 0 bridgehead atoms. The Bertz CT molecular complexity index is 986. The number of nitrogens with one attached hydrogen (secondary N) is 1. The number of ketones is 1. The average Bonchev–Trinajstić information content (AvgIpc) is 2.68. The number of nitrogens with zero attached hydrogens (tertiary/aromatic N) is 3. The summed E-state index contributed by atoms with van der Waals surface area (Å²) in [6.45, 7) is 1.16. The molecule has 2 aromatic rings. The van der Waals surface area contributed by atoms with E-state index >= 15 is 0 Å². The zero-order valence-electron chi connectivity index (χ0n) is 15.4. The van der Waals surface area contributed by atoms with E-state index in [4.69, 9.17) is 9.84 Å². The molecular weight excluding hydrogens is 384 g/mol. The summed E-state index contributed by atoms with van der Waals surface area (Å²) in [6, 6.07) is 7.46. The number of amides is 1. The van der Waals surface area contributed by atoms with E-state index < -0.39 is 28.6 Å². The number of hydrogen-bond acceptors (Lipinski definition) is 8. The first-order chi connectivity index (χ1) is 13.7. The van der Waals surface area contributed by atoms with Crippen molar-refractivity contribution in [2.45, 2.75) is 13.0 Å². The van der Waals surface area contributed by atoms with Crippen molar-refractivity contribution >= 4 is 34.7 Å². The van der Waals surface area contributed by atoms with Gasteiger partial charge in [0.1, 0.15) is 5.69 Å². The molecule has 0 heterocycles. The summed E-state index contributed by atoms with van der Waals surface area (Å²) in [5.74, 6) is -2.43. The number of ether oxygens (including phenoxy) is 1. The first-order valence-corrected chi connectivity index (χ1v) is 8.11. The molecule has 0 radical (unpaired) electrons. The van der Waals surface area contributed by atoms with Gasteiger partial charge >= 0.3 is 5.97 Å². The van der Waals surface area contributed by atoms with Gasteiger partial charge in [0.05, 0.1) is 23.7 Å². The van der Waals surface area contributed by atoms with Gasteiger partial charge in [0, 0.05) is 11.8 Å². The van der Waals surface area contributed by atoms with Gasteiger partial charge in [-0.2, -0.15) is 10.2 Å². The fourth-order valence-corrected chi connectivity index (χ4v) is 2.21. The van der Waals surface area contributed by atoms with Crippen LogP contribution in [0.3, 0.4) is 0 Å². The van der Waals surface area contributed by atoms with Crippen LogP contribution in [-0.2, 0) is 9.59 Å². The van der Waals surface area contributed by atoms with Crippen molar-refractivity contribution < 1.29 is 29.2 Å². The molecule has 0 aliphatic heterocycles. The van der Waals surface area contributed by atoms with Gasteiger partial charge in [-0.3, -0.25) is 19.7 Å². The molecule has 0 fully saturated rings. The number of benzene rings is 2. The van der Waals surface area contributed by atoms with Crippen molar-refractivity contribution in [2.75, 3.05) is 12.4 Å². The van der Waals surface area contributed by atoms with Crippen molar-refractivity contribution in [3.05, 3.63) is 58.1 Å². The van der Waals surface area contributed by atoms with Gasteiger partial charge in [-0.25, -0.2) is 4.79 Å². The van der Waals surface area contributed by atoms with Crippen LogP contribution in [0.5, 0.6) is 5.75 Å². The Morgan fingerprint density at radius 3 is 2.34 bits per heavy atom. The largest absolute Gasteiger partial charge is 0.494 e. The molecule has 0 aromatic heterocycles. The molecule has 0 aliphatic rings. The summed E-state index contributed by atoms with van der Waals surface area (Å²) in [5, 5.41) is 29.7. The molecule has 1 atom stereocenters. The molecule has 150 valence electrons. The lowest BCUT2D eigenvalue weighted by atomic mass is 10.2. The van der Waals surface area contributed by atoms with Crippen LogP contribution < -0.4 is 10.1 Å². The van der Waals surface area contributed by atoms with E-state index in [9.17, 15) is 24.5 Å². The molecule has 0 saturated carbocycles. The zero-order chi connectivity index (χ0) is 21.6. The van der Waals surface area contributed by atoms with Crippen LogP contribution in [0.2, 0.25) is 0 Å². The molecule has 1 amide bonds. The number of azo groups is 1. The molecule has 11 heteroatoms. The van der Waals surface area contributed by atoms with Crippen molar-refractivity contribution in [3.63, 3.8) is 0 Å². The number of carbonyl (C=O) groups is 3. The molecule has 0 saturated heterocycles. The highest BCUT2D eigenvalue weighted by Gasteiger charge is 2.23. The number of anilines is 1. The van der Waals surface area contributed by atoms with Crippen molar-refractivity contribution in [2.24, 2.45) is 10.2 Å². The normalized spacial score (nSPS) is 11.7. The quantitative estimate of drug-likeness (QED) is 0.298. The lowest BCUT2D eigenvalue weighted by molar-refractivity contribution is -0.384. The maximum atomic E-state index is 12.4. The second kappa shape index (κ2) is 9.17. The highest BCUT2D eigenvalue weighted by atomic mass is 16.6. The zero-order valence-corrected chi connectivity index (χ0v) is 15.4. The van der Waals surface area contributed by atoms with Gasteiger partial charge in [-0.15, -0.1) is 0 Å². The molecule has 0 aliphatic carbocycles. The standard InChI is InChI=1S/C18H16N4O7/c1-10(23)16(17(24)19-12-5-3-11(4-6-12)18(25)26)21-20-14-8-7-13(22(27)28)9-15(14)29-2/h3-9,16H,1-2H3,(H,19,24)(H,25,26). The van der Waals surface area contributed by atoms with Crippen LogP contribution in [0.25, 0.3) is 0 Å². The Kier molecular flexibility index (Phi) is 6.69. The summed E-state index contributed by atoms with van der Waals surface area (Å²) in [5.41, 5.74) is 0.194. The molecule has 2 aromatic carbocycles. The van der Waals surface area contributed by atoms with Gasteiger partial charge in [-0.1, -0.05) is 0 Å². The maximum Gasteiger partial charge on any atom is 0.335 e. The topological polar surface area (TPSA) is 161 Å². The van der Waals surface area contributed by atoms with Gasteiger partial charge < -0.3 is 15.2 Å². The maximum absolute atomic E-state index is 12.4. The summed E-state index contributed by atoms with van der Waals surface area (Å²) in [6.07, 6.45) is 0. The Hall–Kier alpha value is -4.15. The van der Waals surface area contributed by atoms with Gasteiger partial charge in [-0.05, 0) is 37.3 Å². The molecule has 2 N–H and O–H groups in total. The third-order valence-corrected chi connectivity index (χ3v) is 3.69. The predicted molar refractivity (Wildman–Crippen MR) is 101 cm³/mol. The Balaban J connectivity index is 2.21. The van der Waals surface area contributed by atoms with E-state index in [1.165, 1.54) is 43.5 Å². The molecule has 2 rings (SSSR count). The summed E-state index contributed by atoms with van der Waals surface area (Å²) >= 11 is 0. The minimum absolute atomic E-state index is 0.0380. The van der Waals surface area contributed by atoms with Crippen molar-refractivity contribution in [1.82, 2.24) is 0 Å². The number of nitro groups is 1. The van der Waals surface area contributed by atoms with Crippen molar-refractivity contribution in [3.8, 4) is 5.75 Å². The molecular formula is C18H16N4O7. The Labute approximate surface area is 164 Å². The molecule has 1 unspecified atom stereocenters. The smallest absolute Gasteiger partial charge is 0.335 e. The Morgan fingerprint density at radius 1 is 1.17 bits per heavy atom. The van der Waals surface area contributed by atoms with Crippen LogP contribution in [0.15, 0.2) is 52.7 Å². The number of carboxylic acids is 1. The van der Waals surface area contributed by atoms with Gasteiger partial charge in [0.15, 0.2) is 11.5 Å². The summed E-state index contributed by atoms with van der Waals surface area (Å²) < 4.78 is 5.02. The number of aromatic carboxylic acids is 1. The number of non-ortho nitro benzene ring substituents is 1. The first kappa shape index (κ1) is 21.2. The number of carbonyl (C=O) groups excluding carboxylic acids is 2. The van der Waals surface area contributed by atoms with E-state index in [2.05, 4.69) is 15.5 Å². The Morgan fingerprint density at radius 2 is 1.83 bits per heavy atom. The minimum Gasteiger partial charge on any atom is -0.494 e. The van der Waals surface area contributed by atoms with E-state index in [1.807, 2.05) is 0 Å². The van der Waals surface area contributed by atoms with Crippen LogP contribution >= 0.6 is 0 Å². The third-order valence-electron chi connectivity index (χ3n) is 3.69. The molecule has 0 spiro atoms.